The quantitative estimate of drug-likeness (QED) is 0.680. The van der Waals surface area contributed by atoms with E-state index in [4.69, 9.17) is 34.8 Å². The van der Waals surface area contributed by atoms with Crippen LogP contribution < -0.4 is 0 Å². The molecule has 4 nitrogen and oxygen atoms in total. The molecule has 0 unspecified atom stereocenters. The molecule has 19 heavy (non-hydrogen) atoms. The Morgan fingerprint density at radius 2 is 1.89 bits per heavy atom. The van der Waals surface area contributed by atoms with E-state index in [-0.39, 0.29) is 5.15 Å². The molecule has 0 spiro atoms. The van der Waals surface area contributed by atoms with Crippen LogP contribution in [0.15, 0.2) is 24.4 Å². The third-order valence-electron chi connectivity index (χ3n) is 2.59. The summed E-state index contributed by atoms with van der Waals surface area (Å²) in [5, 5.41) is 5.57. The van der Waals surface area contributed by atoms with Crippen LogP contribution in [0.1, 0.15) is 5.82 Å². The van der Waals surface area contributed by atoms with Crippen molar-refractivity contribution in [2.45, 2.75) is 6.92 Å². The zero-order valence-corrected chi connectivity index (χ0v) is 12.0. The highest BCUT2D eigenvalue weighted by molar-refractivity contribution is 6.36. The number of hydrogen-bond donors (Lipinski definition) is 0. The molecule has 0 N–H and O–H groups in total. The summed E-state index contributed by atoms with van der Waals surface area (Å²) in [5.74, 6) is 0.628. The van der Waals surface area contributed by atoms with Crippen LogP contribution in [-0.4, -0.2) is 19.6 Å². The SMILES string of the molecule is Cc1nc2c(Cl)nc(-c3ccc(Cl)cc3Cl)cn2n1. The standard InChI is InChI=1S/C12H7Cl3N4/c1-6-16-12-11(15)17-10(5-19(12)18-6)8-3-2-7(13)4-9(8)14/h2-5H,1H3. The van der Waals surface area contributed by atoms with Gasteiger partial charge in [0.1, 0.15) is 5.82 Å². The highest BCUT2D eigenvalue weighted by atomic mass is 35.5. The molecule has 0 aliphatic rings. The Morgan fingerprint density at radius 1 is 1.11 bits per heavy atom. The van der Waals surface area contributed by atoms with Gasteiger partial charge in [-0.2, -0.15) is 5.10 Å². The Kier molecular flexibility index (Phi) is 3.09. The summed E-state index contributed by atoms with van der Waals surface area (Å²) in [6.45, 7) is 1.79. The normalized spacial score (nSPS) is 11.2. The molecule has 0 atom stereocenters. The van der Waals surface area contributed by atoms with Crippen LogP contribution in [0.5, 0.6) is 0 Å². The van der Waals surface area contributed by atoms with Crippen LogP contribution in [0.2, 0.25) is 15.2 Å². The highest BCUT2D eigenvalue weighted by Crippen LogP contribution is 2.30. The van der Waals surface area contributed by atoms with Crippen molar-refractivity contribution in [2.75, 3.05) is 0 Å². The van der Waals surface area contributed by atoms with E-state index >= 15 is 0 Å². The van der Waals surface area contributed by atoms with Gasteiger partial charge in [-0.1, -0.05) is 34.8 Å². The van der Waals surface area contributed by atoms with E-state index in [0.29, 0.717) is 27.2 Å². The number of aryl methyl sites for hydroxylation is 1. The molecule has 2 heterocycles. The van der Waals surface area contributed by atoms with Gasteiger partial charge >= 0.3 is 0 Å². The second-order valence-corrected chi connectivity index (χ2v) is 5.17. The van der Waals surface area contributed by atoms with Gasteiger partial charge in [-0.25, -0.2) is 14.5 Å². The predicted molar refractivity (Wildman–Crippen MR) is 76.0 cm³/mol. The summed E-state index contributed by atoms with van der Waals surface area (Å²) in [4.78, 5) is 8.48. The molecule has 0 saturated heterocycles. The Hall–Kier alpha value is -1.36. The Morgan fingerprint density at radius 3 is 2.63 bits per heavy atom. The maximum Gasteiger partial charge on any atom is 0.193 e. The maximum atomic E-state index is 6.16. The van der Waals surface area contributed by atoms with Crippen LogP contribution in [0.25, 0.3) is 16.9 Å². The topological polar surface area (TPSA) is 43.1 Å². The molecule has 3 aromatic rings. The van der Waals surface area contributed by atoms with Crippen molar-refractivity contribution in [3.05, 3.63) is 45.4 Å². The van der Waals surface area contributed by atoms with Crippen LogP contribution >= 0.6 is 34.8 Å². The summed E-state index contributed by atoms with van der Waals surface area (Å²) in [7, 11) is 0. The number of aromatic nitrogens is 4. The first-order valence-corrected chi connectivity index (χ1v) is 6.53. The summed E-state index contributed by atoms with van der Waals surface area (Å²) in [6, 6.07) is 5.19. The molecule has 0 aliphatic heterocycles. The van der Waals surface area contributed by atoms with Gasteiger partial charge in [0.15, 0.2) is 10.8 Å². The molecule has 0 radical (unpaired) electrons. The molecule has 7 heteroatoms. The molecular formula is C12H7Cl3N4. The minimum absolute atomic E-state index is 0.282. The second-order valence-electron chi connectivity index (χ2n) is 3.97. The summed E-state index contributed by atoms with van der Waals surface area (Å²) in [5.41, 5.74) is 1.88. The van der Waals surface area contributed by atoms with Gasteiger partial charge < -0.3 is 0 Å². The number of nitrogens with zero attached hydrogens (tertiary/aromatic N) is 4. The number of rotatable bonds is 1. The molecule has 1 aromatic carbocycles. The van der Waals surface area contributed by atoms with Gasteiger partial charge in [-0.05, 0) is 25.1 Å². The van der Waals surface area contributed by atoms with Crippen LogP contribution in [0.4, 0.5) is 0 Å². The average Bonchev–Trinajstić information content (AvgIpc) is 2.70. The Bertz CT molecular complexity index is 782. The maximum absolute atomic E-state index is 6.16. The van der Waals surface area contributed by atoms with E-state index in [2.05, 4.69) is 15.1 Å². The van der Waals surface area contributed by atoms with Crippen molar-refractivity contribution in [3.63, 3.8) is 0 Å². The fourth-order valence-corrected chi connectivity index (χ4v) is 2.51. The van der Waals surface area contributed by atoms with Crippen LogP contribution in [0.3, 0.4) is 0 Å². The smallest absolute Gasteiger partial charge is 0.193 e. The van der Waals surface area contributed by atoms with Gasteiger partial charge in [0.25, 0.3) is 0 Å². The van der Waals surface area contributed by atoms with E-state index < -0.39 is 0 Å². The van der Waals surface area contributed by atoms with Gasteiger partial charge in [-0.3, -0.25) is 0 Å². The molecule has 0 bridgehead atoms. The first-order valence-electron chi connectivity index (χ1n) is 5.39. The number of halogens is 3. The second kappa shape index (κ2) is 4.63. The number of hydrogen-bond acceptors (Lipinski definition) is 3. The van der Waals surface area contributed by atoms with Crippen molar-refractivity contribution in [1.29, 1.82) is 0 Å². The van der Waals surface area contributed by atoms with Crippen molar-refractivity contribution in [3.8, 4) is 11.3 Å². The third-order valence-corrected chi connectivity index (χ3v) is 3.39. The summed E-state index contributed by atoms with van der Waals surface area (Å²) >= 11 is 18.1. The first kappa shape index (κ1) is 12.7. The van der Waals surface area contributed by atoms with Crippen molar-refractivity contribution >= 4 is 40.4 Å². The molecule has 3 rings (SSSR count). The average molecular weight is 314 g/mol. The summed E-state index contributed by atoms with van der Waals surface area (Å²) in [6.07, 6.45) is 1.73. The minimum atomic E-state index is 0.282. The molecule has 0 fully saturated rings. The van der Waals surface area contributed by atoms with Crippen molar-refractivity contribution in [1.82, 2.24) is 19.6 Å². The molecule has 0 amide bonds. The zero-order valence-electron chi connectivity index (χ0n) is 9.73. The fourth-order valence-electron chi connectivity index (χ4n) is 1.79. The minimum Gasteiger partial charge on any atom is -0.230 e. The molecule has 0 saturated carbocycles. The first-order chi connectivity index (χ1) is 9.04. The lowest BCUT2D eigenvalue weighted by molar-refractivity contribution is 0.922. The van der Waals surface area contributed by atoms with E-state index in [1.807, 2.05) is 0 Å². The molecule has 2 aromatic heterocycles. The lowest BCUT2D eigenvalue weighted by Crippen LogP contribution is -1.94. The molecule has 0 aliphatic carbocycles. The zero-order chi connectivity index (χ0) is 13.6. The van der Waals surface area contributed by atoms with Gasteiger partial charge in [0.05, 0.1) is 16.9 Å². The van der Waals surface area contributed by atoms with E-state index in [1.54, 1.807) is 35.8 Å². The van der Waals surface area contributed by atoms with Crippen molar-refractivity contribution in [2.24, 2.45) is 0 Å². The lowest BCUT2D eigenvalue weighted by Gasteiger charge is -2.05. The molecular weight excluding hydrogens is 307 g/mol. The van der Waals surface area contributed by atoms with Crippen LogP contribution in [0, 0.1) is 6.92 Å². The lowest BCUT2D eigenvalue weighted by atomic mass is 10.1. The Balaban J connectivity index is 2.25. The van der Waals surface area contributed by atoms with Crippen molar-refractivity contribution < 1.29 is 0 Å². The number of fused-ring (bicyclic) bond motifs is 1. The third kappa shape index (κ3) is 2.27. The van der Waals surface area contributed by atoms with E-state index in [9.17, 15) is 0 Å². The highest BCUT2D eigenvalue weighted by Gasteiger charge is 2.12. The van der Waals surface area contributed by atoms with Gasteiger partial charge in [-0.15, -0.1) is 0 Å². The van der Waals surface area contributed by atoms with E-state index in [0.717, 1.165) is 5.56 Å². The fraction of sp³-hybridized carbons (Fsp3) is 0.0833. The van der Waals surface area contributed by atoms with Crippen LogP contribution in [-0.2, 0) is 0 Å². The van der Waals surface area contributed by atoms with Gasteiger partial charge in [0.2, 0.25) is 0 Å². The van der Waals surface area contributed by atoms with Gasteiger partial charge in [0, 0.05) is 10.6 Å². The van der Waals surface area contributed by atoms with E-state index in [1.165, 1.54) is 0 Å². The number of benzene rings is 1. The Labute approximate surface area is 124 Å². The summed E-state index contributed by atoms with van der Waals surface area (Å²) < 4.78 is 1.59. The molecule has 96 valence electrons. The predicted octanol–water partition coefficient (Wildman–Crippen LogP) is 4.06. The monoisotopic (exact) mass is 312 g/mol. The largest absolute Gasteiger partial charge is 0.230 e.